The van der Waals surface area contributed by atoms with Crippen molar-refractivity contribution in [3.8, 4) is 11.5 Å². The zero-order chi connectivity index (χ0) is 31.0. The first kappa shape index (κ1) is 34.1. The van der Waals surface area contributed by atoms with Crippen molar-refractivity contribution < 1.29 is 43.2 Å². The van der Waals surface area contributed by atoms with Gasteiger partial charge in [-0.1, -0.05) is 26.3 Å². The van der Waals surface area contributed by atoms with E-state index in [1.807, 2.05) is 13.8 Å². The van der Waals surface area contributed by atoms with Crippen molar-refractivity contribution in [1.29, 1.82) is 0 Å². The summed E-state index contributed by atoms with van der Waals surface area (Å²) in [5.41, 5.74) is 3.37. The minimum atomic E-state index is -1.82. The molecule has 1 aromatic carbocycles. The number of rotatable bonds is 13. The summed E-state index contributed by atoms with van der Waals surface area (Å²) < 4.78 is 22.0. The van der Waals surface area contributed by atoms with Crippen molar-refractivity contribution in [2.45, 2.75) is 124 Å². The van der Waals surface area contributed by atoms with Crippen molar-refractivity contribution in [1.82, 2.24) is 0 Å². The standard InChI is InChI=1S/C31H47NO9/c1-8-29(4,5)26(35)40-23-16-15-21(17-24(23)41-27(36)30(6,7)9-2)19-31(32,25(33)34)18-20(3)38-28(37)39-22-13-11-10-12-14-22/h15-17,20,22H,8-14,18-19,32H2,1-7H3,(H,33,34)/t20-,31?/m0/s1. The van der Waals surface area contributed by atoms with E-state index in [0.29, 0.717) is 18.4 Å². The fraction of sp³-hybridized carbons (Fsp3) is 0.677. The Morgan fingerprint density at radius 2 is 1.46 bits per heavy atom. The zero-order valence-corrected chi connectivity index (χ0v) is 25.5. The Bertz CT molecular complexity index is 1090. The maximum atomic E-state index is 12.9. The van der Waals surface area contributed by atoms with E-state index in [1.54, 1.807) is 40.7 Å². The molecule has 3 N–H and O–H groups in total. The number of carboxylic acid groups (broad SMARTS) is 1. The summed E-state index contributed by atoms with van der Waals surface area (Å²) in [6.45, 7) is 12.3. The van der Waals surface area contributed by atoms with Crippen molar-refractivity contribution in [3.05, 3.63) is 23.8 Å². The van der Waals surface area contributed by atoms with Crippen LogP contribution in [-0.4, -0.2) is 46.9 Å². The quantitative estimate of drug-likeness (QED) is 0.212. The highest BCUT2D eigenvalue weighted by molar-refractivity contribution is 5.82. The van der Waals surface area contributed by atoms with Crippen LogP contribution in [0.4, 0.5) is 4.79 Å². The maximum Gasteiger partial charge on any atom is 0.508 e. The average molecular weight is 578 g/mol. The third-order valence-corrected chi connectivity index (χ3v) is 8.00. The molecule has 0 aromatic heterocycles. The van der Waals surface area contributed by atoms with Gasteiger partial charge in [-0.25, -0.2) is 4.79 Å². The van der Waals surface area contributed by atoms with E-state index in [4.69, 9.17) is 24.7 Å². The summed E-state index contributed by atoms with van der Waals surface area (Å²) >= 11 is 0. The summed E-state index contributed by atoms with van der Waals surface area (Å²) in [4.78, 5) is 50.3. The second-order valence-corrected chi connectivity index (χ2v) is 12.4. The van der Waals surface area contributed by atoms with Gasteiger partial charge in [-0.2, -0.15) is 0 Å². The molecule has 0 saturated heterocycles. The molecular formula is C31H47NO9. The number of nitrogens with two attached hydrogens (primary N) is 1. The van der Waals surface area contributed by atoms with Crippen molar-refractivity contribution >= 4 is 24.1 Å². The second-order valence-electron chi connectivity index (χ2n) is 12.4. The predicted octanol–water partition coefficient (Wildman–Crippen LogP) is 5.96. The molecular weight excluding hydrogens is 530 g/mol. The van der Waals surface area contributed by atoms with Crippen LogP contribution in [0.3, 0.4) is 0 Å². The van der Waals surface area contributed by atoms with E-state index in [9.17, 15) is 24.3 Å². The van der Waals surface area contributed by atoms with Gasteiger partial charge in [0.2, 0.25) is 0 Å². The first-order chi connectivity index (χ1) is 19.0. The van der Waals surface area contributed by atoms with Gasteiger partial charge in [0.1, 0.15) is 17.7 Å². The minimum absolute atomic E-state index is 0.0117. The molecule has 2 rings (SSSR count). The fourth-order valence-electron chi connectivity index (χ4n) is 4.26. The number of esters is 2. The second kappa shape index (κ2) is 14.2. The van der Waals surface area contributed by atoms with Gasteiger partial charge >= 0.3 is 24.1 Å². The number of benzene rings is 1. The van der Waals surface area contributed by atoms with E-state index < -0.39 is 46.5 Å². The van der Waals surface area contributed by atoms with Gasteiger partial charge in [0.05, 0.1) is 10.8 Å². The molecule has 1 saturated carbocycles. The van der Waals surface area contributed by atoms with E-state index in [1.165, 1.54) is 12.1 Å². The summed E-state index contributed by atoms with van der Waals surface area (Å²) in [5.74, 6) is -2.29. The molecule has 0 radical (unpaired) electrons. The molecule has 0 aliphatic heterocycles. The van der Waals surface area contributed by atoms with Crippen molar-refractivity contribution in [2.75, 3.05) is 0 Å². The van der Waals surface area contributed by atoms with E-state index in [2.05, 4.69) is 0 Å². The molecule has 10 heteroatoms. The average Bonchev–Trinajstić information content (AvgIpc) is 2.90. The Hall–Kier alpha value is -3.14. The Kier molecular flexibility index (Phi) is 11.8. The Labute approximate surface area is 243 Å². The zero-order valence-electron chi connectivity index (χ0n) is 25.5. The molecule has 1 aromatic rings. The lowest BCUT2D eigenvalue weighted by Crippen LogP contribution is -2.52. The first-order valence-corrected chi connectivity index (χ1v) is 14.5. The Balaban J connectivity index is 2.26. The SMILES string of the molecule is CCC(C)(C)C(=O)Oc1ccc(CC(N)(C[C@H](C)OC(=O)OC2CCCCC2)C(=O)O)cc1OC(=O)C(C)(C)CC. The lowest BCUT2D eigenvalue weighted by Gasteiger charge is -2.29. The number of aliphatic carboxylic acids is 1. The molecule has 41 heavy (non-hydrogen) atoms. The summed E-state index contributed by atoms with van der Waals surface area (Å²) in [6.07, 6.45) is 3.44. The highest BCUT2D eigenvalue weighted by Crippen LogP contribution is 2.35. The highest BCUT2D eigenvalue weighted by Gasteiger charge is 2.38. The Morgan fingerprint density at radius 3 is 1.98 bits per heavy atom. The molecule has 0 bridgehead atoms. The highest BCUT2D eigenvalue weighted by atomic mass is 16.7. The van der Waals surface area contributed by atoms with Crippen LogP contribution in [0.25, 0.3) is 0 Å². The summed E-state index contributed by atoms with van der Waals surface area (Å²) in [5, 5.41) is 10.0. The molecule has 1 unspecified atom stereocenters. The normalized spacial score (nSPS) is 16.7. The van der Waals surface area contributed by atoms with Crippen LogP contribution >= 0.6 is 0 Å². The van der Waals surface area contributed by atoms with Crippen molar-refractivity contribution in [3.63, 3.8) is 0 Å². The van der Waals surface area contributed by atoms with Crippen LogP contribution in [0, 0.1) is 10.8 Å². The molecule has 0 heterocycles. The van der Waals surface area contributed by atoms with Crippen LogP contribution in [0.5, 0.6) is 11.5 Å². The lowest BCUT2D eigenvalue weighted by atomic mass is 9.86. The van der Waals surface area contributed by atoms with E-state index >= 15 is 0 Å². The van der Waals surface area contributed by atoms with Gasteiger partial charge < -0.3 is 29.8 Å². The van der Waals surface area contributed by atoms with Crippen molar-refractivity contribution in [2.24, 2.45) is 16.6 Å². The molecule has 0 amide bonds. The van der Waals surface area contributed by atoms with E-state index in [0.717, 1.165) is 32.1 Å². The largest absolute Gasteiger partial charge is 0.508 e. The topological polar surface area (TPSA) is 151 Å². The number of carbonyl (C=O) groups is 4. The monoisotopic (exact) mass is 577 g/mol. The van der Waals surface area contributed by atoms with Gasteiger partial charge in [-0.3, -0.25) is 14.4 Å². The molecule has 230 valence electrons. The van der Waals surface area contributed by atoms with Gasteiger partial charge in [0, 0.05) is 12.8 Å². The van der Waals surface area contributed by atoms with Crippen LogP contribution in [-0.2, 0) is 30.3 Å². The number of hydrogen-bond donors (Lipinski definition) is 2. The number of carboxylic acids is 1. The fourth-order valence-corrected chi connectivity index (χ4v) is 4.26. The number of carbonyl (C=O) groups excluding carboxylic acids is 3. The molecule has 2 atom stereocenters. The minimum Gasteiger partial charge on any atom is -0.480 e. The van der Waals surface area contributed by atoms with Crippen LogP contribution in [0.2, 0.25) is 0 Å². The van der Waals surface area contributed by atoms with E-state index in [-0.39, 0.29) is 30.4 Å². The summed E-state index contributed by atoms with van der Waals surface area (Å²) in [6, 6.07) is 4.49. The molecule has 1 fully saturated rings. The van der Waals surface area contributed by atoms with Gasteiger partial charge in [-0.15, -0.1) is 0 Å². The van der Waals surface area contributed by atoms with Gasteiger partial charge in [-0.05, 0) is 90.8 Å². The number of ether oxygens (including phenoxy) is 4. The van der Waals surface area contributed by atoms with Gasteiger partial charge in [0.25, 0.3) is 0 Å². The predicted molar refractivity (Wildman–Crippen MR) is 153 cm³/mol. The first-order valence-electron chi connectivity index (χ1n) is 14.5. The van der Waals surface area contributed by atoms with Crippen LogP contribution in [0.15, 0.2) is 18.2 Å². The molecule has 10 nitrogen and oxygen atoms in total. The smallest absolute Gasteiger partial charge is 0.480 e. The van der Waals surface area contributed by atoms with Gasteiger partial charge in [0.15, 0.2) is 11.5 Å². The van der Waals surface area contributed by atoms with Crippen LogP contribution in [0.1, 0.15) is 105 Å². The molecule has 1 aliphatic carbocycles. The molecule has 0 spiro atoms. The maximum absolute atomic E-state index is 12.9. The third-order valence-electron chi connectivity index (χ3n) is 8.00. The third kappa shape index (κ3) is 9.73. The summed E-state index contributed by atoms with van der Waals surface area (Å²) in [7, 11) is 0. The lowest BCUT2D eigenvalue weighted by molar-refractivity contribution is -0.147. The van der Waals surface area contributed by atoms with Crippen LogP contribution < -0.4 is 15.2 Å². The number of hydrogen-bond acceptors (Lipinski definition) is 9. The Morgan fingerprint density at radius 1 is 0.927 bits per heavy atom. The molecule has 1 aliphatic rings.